The molecule has 1 saturated carbocycles. The van der Waals surface area contributed by atoms with Crippen molar-refractivity contribution in [2.75, 3.05) is 7.11 Å². The van der Waals surface area contributed by atoms with Crippen molar-refractivity contribution in [2.24, 2.45) is 5.92 Å². The van der Waals surface area contributed by atoms with Crippen molar-refractivity contribution in [2.45, 2.75) is 54.4 Å². The van der Waals surface area contributed by atoms with E-state index in [1.807, 2.05) is 52.0 Å². The maximum atomic E-state index is 5.35. The Morgan fingerprint density at radius 2 is 1.22 bits per heavy atom. The number of rotatable bonds is 2. The van der Waals surface area contributed by atoms with Crippen molar-refractivity contribution in [1.29, 1.82) is 0 Å². The van der Waals surface area contributed by atoms with Crippen LogP contribution in [0.4, 0.5) is 0 Å². The Labute approximate surface area is 143 Å². The predicted molar refractivity (Wildman–Crippen MR) is 104 cm³/mol. The van der Waals surface area contributed by atoms with Gasteiger partial charge in [0.05, 0.1) is 7.11 Å². The van der Waals surface area contributed by atoms with Gasteiger partial charge in [-0.3, -0.25) is 0 Å². The van der Waals surface area contributed by atoms with Gasteiger partial charge in [-0.05, 0) is 30.0 Å². The molecule has 1 nitrogen and oxygen atoms in total. The first-order valence-corrected chi connectivity index (χ1v) is 8.91. The van der Waals surface area contributed by atoms with Crippen LogP contribution in [-0.2, 0) is 0 Å². The monoisotopic (exact) mass is 314 g/mol. The normalized spacial score (nSPS) is 11.6. The van der Waals surface area contributed by atoms with E-state index >= 15 is 0 Å². The summed E-state index contributed by atoms with van der Waals surface area (Å²) < 4.78 is 5.35. The molecular weight excluding hydrogens is 280 g/mol. The molecule has 1 aliphatic rings. The zero-order valence-corrected chi connectivity index (χ0v) is 16.0. The van der Waals surface area contributed by atoms with E-state index in [9.17, 15) is 0 Å². The summed E-state index contributed by atoms with van der Waals surface area (Å²) >= 11 is 0. The average molecular weight is 315 g/mol. The molecule has 0 bridgehead atoms. The topological polar surface area (TPSA) is 9.23 Å². The van der Waals surface area contributed by atoms with Crippen LogP contribution in [0.25, 0.3) is 11.1 Å². The van der Waals surface area contributed by atoms with Crippen LogP contribution >= 0.6 is 0 Å². The van der Waals surface area contributed by atoms with E-state index in [4.69, 9.17) is 4.74 Å². The molecule has 2 aromatic carbocycles. The molecule has 0 saturated heterocycles. The van der Waals surface area contributed by atoms with E-state index in [0.29, 0.717) is 0 Å². The summed E-state index contributed by atoms with van der Waals surface area (Å²) in [5.74, 6) is 2.01. The third-order valence-corrected chi connectivity index (χ3v) is 3.41. The molecule has 3 rings (SSSR count). The molecule has 0 unspecified atom stereocenters. The second kappa shape index (κ2) is 12.8. The van der Waals surface area contributed by atoms with E-state index in [0.717, 1.165) is 17.2 Å². The fourth-order valence-electron chi connectivity index (χ4n) is 1.91. The van der Waals surface area contributed by atoms with Crippen molar-refractivity contribution < 1.29 is 4.74 Å². The molecule has 0 atom stereocenters. The second-order valence-corrected chi connectivity index (χ2v) is 5.20. The first-order valence-electron chi connectivity index (χ1n) is 8.91. The summed E-state index contributed by atoms with van der Waals surface area (Å²) in [5.41, 5.74) is 3.65. The molecule has 1 heteroatoms. The van der Waals surface area contributed by atoms with Crippen molar-refractivity contribution in [1.82, 2.24) is 0 Å². The van der Waals surface area contributed by atoms with E-state index in [1.165, 1.54) is 24.0 Å². The minimum Gasteiger partial charge on any atom is -0.496 e. The molecular formula is C22H34O. The highest BCUT2D eigenvalue weighted by atomic mass is 16.5. The predicted octanol–water partition coefficient (Wildman–Crippen LogP) is 7.14. The minimum absolute atomic E-state index is 0.923. The molecule has 0 N–H and O–H groups in total. The van der Waals surface area contributed by atoms with E-state index in [-0.39, 0.29) is 0 Å². The van der Waals surface area contributed by atoms with Gasteiger partial charge >= 0.3 is 0 Å². The number of hydrogen-bond acceptors (Lipinski definition) is 1. The standard InChI is InChI=1S/C14H14O.C4H8.2C2H6/c1-11-7-3-4-8-12(11)13-9-5-6-10-14(13)15-2;1-4-2-3-4;2*1-2/h3-10H,1-2H3;4H,2-3H2,1H3;2*1-2H3. The van der Waals surface area contributed by atoms with E-state index in [2.05, 4.69) is 38.1 Å². The molecule has 0 amide bonds. The third kappa shape index (κ3) is 7.88. The third-order valence-electron chi connectivity index (χ3n) is 3.41. The molecule has 128 valence electrons. The SMILES string of the molecule is CC.CC.CC1CC1.COc1ccccc1-c1ccccc1C. The summed E-state index contributed by atoms with van der Waals surface area (Å²) in [4.78, 5) is 0. The Balaban J connectivity index is 0.000000507. The number of methoxy groups -OCH3 is 1. The largest absolute Gasteiger partial charge is 0.496 e. The van der Waals surface area contributed by atoms with Crippen molar-refractivity contribution in [3.05, 3.63) is 54.1 Å². The summed E-state index contributed by atoms with van der Waals surface area (Å²) in [5, 5.41) is 0. The highest BCUT2D eigenvalue weighted by Gasteiger charge is 2.12. The Morgan fingerprint density at radius 1 is 0.783 bits per heavy atom. The molecule has 0 radical (unpaired) electrons. The smallest absolute Gasteiger partial charge is 0.126 e. The van der Waals surface area contributed by atoms with Gasteiger partial charge in [0.25, 0.3) is 0 Å². The van der Waals surface area contributed by atoms with Crippen LogP contribution in [-0.4, -0.2) is 7.11 Å². The maximum absolute atomic E-state index is 5.35. The van der Waals surface area contributed by atoms with E-state index < -0.39 is 0 Å². The lowest BCUT2D eigenvalue weighted by Gasteiger charge is -2.10. The second-order valence-electron chi connectivity index (χ2n) is 5.20. The van der Waals surface area contributed by atoms with Gasteiger partial charge in [-0.2, -0.15) is 0 Å². The van der Waals surface area contributed by atoms with Crippen LogP contribution in [0, 0.1) is 12.8 Å². The lowest BCUT2D eigenvalue weighted by atomic mass is 10.00. The summed E-state index contributed by atoms with van der Waals surface area (Å²) in [6.07, 6.45) is 2.97. The Kier molecular flexibility index (Phi) is 11.8. The van der Waals surface area contributed by atoms with Gasteiger partial charge in [0.15, 0.2) is 0 Å². The minimum atomic E-state index is 0.923. The lowest BCUT2D eigenvalue weighted by Crippen LogP contribution is -1.88. The number of ether oxygens (including phenoxy) is 1. The van der Waals surface area contributed by atoms with Crippen LogP contribution in [0.5, 0.6) is 5.75 Å². The first kappa shape index (κ1) is 21.2. The fourth-order valence-corrected chi connectivity index (χ4v) is 1.91. The van der Waals surface area contributed by atoms with Gasteiger partial charge in [0, 0.05) is 5.56 Å². The summed E-state index contributed by atoms with van der Waals surface area (Å²) in [6.45, 7) is 12.4. The van der Waals surface area contributed by atoms with Gasteiger partial charge in [-0.25, -0.2) is 0 Å². The highest BCUT2D eigenvalue weighted by Crippen LogP contribution is 2.31. The van der Waals surface area contributed by atoms with Crippen molar-refractivity contribution in [3.8, 4) is 16.9 Å². The number of aryl methyl sites for hydroxylation is 1. The number of benzene rings is 2. The fraction of sp³-hybridized carbons (Fsp3) is 0.455. The van der Waals surface area contributed by atoms with Crippen LogP contribution in [0.2, 0.25) is 0 Å². The zero-order chi connectivity index (χ0) is 17.7. The molecule has 0 aliphatic heterocycles. The van der Waals surface area contributed by atoms with Crippen molar-refractivity contribution >= 4 is 0 Å². The summed E-state index contributed by atoms with van der Waals surface area (Å²) in [7, 11) is 1.71. The number of hydrogen-bond donors (Lipinski definition) is 0. The molecule has 23 heavy (non-hydrogen) atoms. The van der Waals surface area contributed by atoms with Crippen LogP contribution in [0.1, 0.15) is 53.0 Å². The molecule has 0 heterocycles. The summed E-state index contributed by atoms with van der Waals surface area (Å²) in [6, 6.07) is 16.4. The average Bonchev–Trinajstić information content (AvgIpc) is 3.42. The van der Waals surface area contributed by atoms with E-state index in [1.54, 1.807) is 7.11 Å². The van der Waals surface area contributed by atoms with Crippen LogP contribution < -0.4 is 4.74 Å². The molecule has 2 aromatic rings. The van der Waals surface area contributed by atoms with Gasteiger partial charge in [0.1, 0.15) is 5.75 Å². The first-order chi connectivity index (χ1) is 11.2. The Hall–Kier alpha value is -1.76. The Morgan fingerprint density at radius 3 is 1.65 bits per heavy atom. The van der Waals surface area contributed by atoms with Gasteiger partial charge in [0.2, 0.25) is 0 Å². The quantitative estimate of drug-likeness (QED) is 0.572. The molecule has 1 aliphatic carbocycles. The molecule has 0 aromatic heterocycles. The van der Waals surface area contributed by atoms with Crippen LogP contribution in [0.15, 0.2) is 48.5 Å². The van der Waals surface area contributed by atoms with Crippen molar-refractivity contribution in [3.63, 3.8) is 0 Å². The van der Waals surface area contributed by atoms with Gasteiger partial charge < -0.3 is 4.74 Å². The molecule has 0 spiro atoms. The zero-order valence-electron chi connectivity index (χ0n) is 16.0. The number of para-hydroxylation sites is 1. The van der Waals surface area contributed by atoms with Gasteiger partial charge in [-0.1, -0.05) is 89.9 Å². The Bertz CT molecular complexity index is 527. The lowest BCUT2D eigenvalue weighted by molar-refractivity contribution is 0.416. The highest BCUT2D eigenvalue weighted by molar-refractivity contribution is 5.73. The van der Waals surface area contributed by atoms with Gasteiger partial charge in [-0.15, -0.1) is 0 Å². The maximum Gasteiger partial charge on any atom is 0.126 e. The molecule has 1 fully saturated rings. The van der Waals surface area contributed by atoms with Crippen LogP contribution in [0.3, 0.4) is 0 Å².